The van der Waals surface area contributed by atoms with Gasteiger partial charge in [-0.25, -0.2) is 0 Å². The topological polar surface area (TPSA) is 74.7 Å². The van der Waals surface area contributed by atoms with Crippen LogP contribution in [0.5, 0.6) is 0 Å². The van der Waals surface area contributed by atoms with Crippen molar-refractivity contribution in [2.24, 2.45) is 0 Å². The molecule has 21 heavy (non-hydrogen) atoms. The summed E-state index contributed by atoms with van der Waals surface area (Å²) in [6.07, 6.45) is 3.02. The number of rotatable bonds is 5. The van der Waals surface area contributed by atoms with E-state index >= 15 is 0 Å². The van der Waals surface area contributed by atoms with Crippen molar-refractivity contribution in [3.63, 3.8) is 0 Å². The SMILES string of the molecule is O=C(O)C(c1ccccc1)S(=O)CC(=O)N1CCCCC1. The number of carbonyl (C=O) groups excluding carboxylic acids is 1. The van der Waals surface area contributed by atoms with Crippen LogP contribution < -0.4 is 0 Å². The molecular weight excluding hydrogens is 290 g/mol. The third kappa shape index (κ3) is 4.14. The zero-order chi connectivity index (χ0) is 15.2. The van der Waals surface area contributed by atoms with Crippen molar-refractivity contribution in [2.75, 3.05) is 18.8 Å². The van der Waals surface area contributed by atoms with Crippen LogP contribution in [0.1, 0.15) is 30.1 Å². The van der Waals surface area contributed by atoms with Gasteiger partial charge >= 0.3 is 5.97 Å². The molecule has 0 aromatic heterocycles. The minimum Gasteiger partial charge on any atom is -0.480 e. The molecule has 0 radical (unpaired) electrons. The Balaban J connectivity index is 2.05. The standard InChI is InChI=1S/C15H19NO4S/c17-13(16-9-5-2-6-10-16)11-21(20)14(15(18)19)12-7-3-1-4-8-12/h1,3-4,7-8,14H,2,5-6,9-11H2,(H,18,19). The second-order valence-corrected chi connectivity index (χ2v) is 6.62. The monoisotopic (exact) mass is 309 g/mol. The van der Waals surface area contributed by atoms with E-state index in [2.05, 4.69) is 0 Å². The van der Waals surface area contributed by atoms with Gasteiger partial charge in [0.15, 0.2) is 5.25 Å². The Kier molecular flexibility index (Phi) is 5.50. The fourth-order valence-electron chi connectivity index (χ4n) is 2.47. The molecule has 5 nitrogen and oxygen atoms in total. The van der Waals surface area contributed by atoms with Gasteiger partial charge in [-0.05, 0) is 24.8 Å². The van der Waals surface area contributed by atoms with Gasteiger partial charge in [0.05, 0.1) is 0 Å². The maximum absolute atomic E-state index is 12.3. The van der Waals surface area contributed by atoms with E-state index in [0.29, 0.717) is 18.7 Å². The van der Waals surface area contributed by atoms with Crippen molar-refractivity contribution >= 4 is 22.7 Å². The number of nitrogens with zero attached hydrogens (tertiary/aromatic N) is 1. The predicted molar refractivity (Wildman–Crippen MR) is 80.3 cm³/mol. The average molecular weight is 309 g/mol. The average Bonchev–Trinajstić information content (AvgIpc) is 2.49. The summed E-state index contributed by atoms with van der Waals surface area (Å²) in [6, 6.07) is 8.43. The fourth-order valence-corrected chi connectivity index (χ4v) is 3.75. The highest BCUT2D eigenvalue weighted by molar-refractivity contribution is 7.86. The van der Waals surface area contributed by atoms with Crippen LogP contribution >= 0.6 is 0 Å². The van der Waals surface area contributed by atoms with Crippen LogP contribution in [-0.4, -0.2) is 44.9 Å². The maximum atomic E-state index is 12.3. The number of carboxylic acids is 1. The minimum atomic E-state index is -1.76. The van der Waals surface area contributed by atoms with Crippen molar-refractivity contribution < 1.29 is 18.9 Å². The van der Waals surface area contributed by atoms with Gasteiger partial charge in [-0.2, -0.15) is 0 Å². The number of aliphatic carboxylic acids is 1. The zero-order valence-corrected chi connectivity index (χ0v) is 12.6. The number of carbonyl (C=O) groups is 2. The van der Waals surface area contributed by atoms with Gasteiger partial charge in [-0.1, -0.05) is 30.3 Å². The third-order valence-corrected chi connectivity index (χ3v) is 5.10. The molecule has 1 aromatic carbocycles. The van der Waals surface area contributed by atoms with Crippen molar-refractivity contribution in [3.05, 3.63) is 35.9 Å². The Morgan fingerprint density at radius 2 is 1.76 bits per heavy atom. The molecule has 1 aliphatic heterocycles. The van der Waals surface area contributed by atoms with Gasteiger partial charge in [-0.3, -0.25) is 13.8 Å². The van der Waals surface area contributed by atoms with Gasteiger partial charge in [0.25, 0.3) is 0 Å². The fraction of sp³-hybridized carbons (Fsp3) is 0.467. The van der Waals surface area contributed by atoms with Crippen molar-refractivity contribution in [2.45, 2.75) is 24.5 Å². The number of likely N-dealkylation sites (tertiary alicyclic amines) is 1. The van der Waals surface area contributed by atoms with Crippen molar-refractivity contribution in [1.82, 2.24) is 4.90 Å². The number of piperidine rings is 1. The van der Waals surface area contributed by atoms with E-state index in [1.165, 1.54) is 0 Å². The summed E-state index contributed by atoms with van der Waals surface area (Å²) in [5.41, 5.74) is 0.467. The van der Waals surface area contributed by atoms with E-state index in [9.17, 15) is 18.9 Å². The minimum absolute atomic E-state index is 0.213. The lowest BCUT2D eigenvalue weighted by Gasteiger charge is -2.27. The number of hydrogen-bond donors (Lipinski definition) is 1. The first-order valence-corrected chi connectivity index (χ1v) is 8.40. The maximum Gasteiger partial charge on any atom is 0.323 e. The van der Waals surface area contributed by atoms with E-state index in [1.54, 1.807) is 35.2 Å². The smallest absolute Gasteiger partial charge is 0.323 e. The van der Waals surface area contributed by atoms with Crippen LogP contribution in [-0.2, 0) is 20.4 Å². The Bertz CT molecular complexity index is 526. The highest BCUT2D eigenvalue weighted by Gasteiger charge is 2.29. The number of carboxylic acid groups (broad SMARTS) is 1. The molecule has 1 aromatic rings. The normalized spacial score (nSPS) is 18.0. The lowest BCUT2D eigenvalue weighted by atomic mass is 10.1. The molecule has 1 aliphatic rings. The number of hydrogen-bond acceptors (Lipinski definition) is 3. The van der Waals surface area contributed by atoms with Crippen molar-refractivity contribution in [1.29, 1.82) is 0 Å². The molecule has 0 spiro atoms. The Labute approximate surface area is 126 Å². The van der Waals surface area contributed by atoms with Crippen LogP contribution in [0.4, 0.5) is 0 Å². The van der Waals surface area contributed by atoms with E-state index in [0.717, 1.165) is 19.3 Å². The summed E-state index contributed by atoms with van der Waals surface area (Å²) < 4.78 is 12.3. The van der Waals surface area contributed by atoms with Gasteiger partial charge < -0.3 is 10.0 Å². The molecule has 0 aliphatic carbocycles. The molecule has 0 bridgehead atoms. The molecule has 2 unspecified atom stereocenters. The summed E-state index contributed by atoms with van der Waals surface area (Å²) in [7, 11) is -1.76. The highest BCUT2D eigenvalue weighted by Crippen LogP contribution is 2.21. The Morgan fingerprint density at radius 3 is 2.33 bits per heavy atom. The van der Waals surface area contributed by atoms with E-state index in [4.69, 9.17) is 0 Å². The Hall–Kier alpha value is -1.69. The first-order valence-electron chi connectivity index (χ1n) is 7.02. The van der Waals surface area contributed by atoms with Gasteiger partial charge in [0, 0.05) is 23.9 Å². The first-order chi connectivity index (χ1) is 10.1. The molecule has 2 rings (SSSR count). The molecule has 1 amide bonds. The van der Waals surface area contributed by atoms with Gasteiger partial charge in [-0.15, -0.1) is 0 Å². The zero-order valence-electron chi connectivity index (χ0n) is 11.7. The summed E-state index contributed by atoms with van der Waals surface area (Å²) in [5.74, 6) is -1.60. The molecule has 1 saturated heterocycles. The molecule has 2 atom stereocenters. The van der Waals surface area contributed by atoms with E-state index in [-0.39, 0.29) is 11.7 Å². The van der Waals surface area contributed by atoms with E-state index < -0.39 is 22.0 Å². The number of benzene rings is 1. The molecule has 0 saturated carbocycles. The lowest BCUT2D eigenvalue weighted by molar-refractivity contribution is -0.136. The van der Waals surface area contributed by atoms with Gasteiger partial charge in [0.1, 0.15) is 5.75 Å². The molecule has 114 valence electrons. The molecule has 1 N–H and O–H groups in total. The van der Waals surface area contributed by atoms with Crippen LogP contribution in [0.25, 0.3) is 0 Å². The summed E-state index contributed by atoms with van der Waals surface area (Å²) in [6.45, 7) is 1.36. The summed E-state index contributed by atoms with van der Waals surface area (Å²) in [5, 5.41) is 8.15. The van der Waals surface area contributed by atoms with Crippen molar-refractivity contribution in [3.8, 4) is 0 Å². The summed E-state index contributed by atoms with van der Waals surface area (Å²) >= 11 is 0. The third-order valence-electron chi connectivity index (χ3n) is 3.56. The quantitative estimate of drug-likeness (QED) is 0.896. The second kappa shape index (κ2) is 7.36. The predicted octanol–water partition coefficient (Wildman–Crippen LogP) is 1.57. The Morgan fingerprint density at radius 1 is 1.14 bits per heavy atom. The molecular formula is C15H19NO4S. The van der Waals surface area contributed by atoms with Crippen LogP contribution in [0.15, 0.2) is 30.3 Å². The first kappa shape index (κ1) is 15.7. The largest absolute Gasteiger partial charge is 0.480 e. The van der Waals surface area contributed by atoms with Crippen LogP contribution in [0.3, 0.4) is 0 Å². The van der Waals surface area contributed by atoms with Gasteiger partial charge in [0.2, 0.25) is 5.91 Å². The molecule has 1 fully saturated rings. The second-order valence-electron chi connectivity index (χ2n) is 5.10. The molecule has 6 heteroatoms. The molecule has 1 heterocycles. The van der Waals surface area contributed by atoms with Crippen LogP contribution in [0.2, 0.25) is 0 Å². The van der Waals surface area contributed by atoms with Crippen LogP contribution in [0, 0.1) is 0 Å². The number of amides is 1. The highest BCUT2D eigenvalue weighted by atomic mass is 32.2. The summed E-state index contributed by atoms with van der Waals surface area (Å²) in [4.78, 5) is 25.2. The van der Waals surface area contributed by atoms with E-state index in [1.807, 2.05) is 0 Å². The lowest BCUT2D eigenvalue weighted by Crippen LogP contribution is -2.39.